The molecule has 106 heavy (non-hydrogen) atoms. The molecule has 6 nitrogen and oxygen atoms in total. The van der Waals surface area contributed by atoms with Crippen molar-refractivity contribution in [1.29, 1.82) is 0 Å². The molecule has 0 atom stereocenters. The lowest BCUT2D eigenvalue weighted by molar-refractivity contribution is 0.00578. The maximum Gasteiger partial charge on any atom is 0.494 e. The van der Waals surface area contributed by atoms with Crippen LogP contribution in [0.3, 0.4) is 0 Å². The van der Waals surface area contributed by atoms with Crippen LogP contribution in [-0.4, -0.2) is 38.3 Å². The molecular formula is C98H84BClN4O2. The molecule has 0 unspecified atom stereocenters. The number of rotatable bonds is 10. The smallest absolute Gasteiger partial charge is 0.399 e. The first-order valence-corrected chi connectivity index (χ1v) is 38.2. The number of hydrogen-bond acceptors (Lipinski definition) is 6. The standard InChI is InChI=1S/C46H36N2.C28H19ClN2.C24H29BO2/c1-4-14-32(15-5-1)43-31-44(33-16-6-2-7-17-33)48-45(47-43)38-21-13-20-36(29-38)34-18-12-19-35(28-34)37-24-25-40-39-22-8-9-23-41(39)46(42(40)30-37)26-10-3-11-27-46;29-25-16-8-14-23(18-25)22-13-7-15-24(17-22)28-30-26(20-9-3-1-4-10-20)19-27(31-28)21-11-5-2-6-12-21;1-22(2)23(3,4)27-25(26-22)17-12-13-19-18-10-6-7-11-20(18)24(21(19)16-17)14-8-5-9-15-24/h1-2,4-9,12-25,28-31H,3,10-11,26-27H2;1-19H;6-7,10-13,16H,5,8-9,14-15H2,1-4H3. The van der Waals surface area contributed by atoms with Crippen molar-refractivity contribution < 1.29 is 9.31 Å². The third-order valence-electron chi connectivity index (χ3n) is 23.2. The largest absolute Gasteiger partial charge is 0.494 e. The van der Waals surface area contributed by atoms with Gasteiger partial charge in [0.2, 0.25) is 0 Å². The number of nitrogens with zero attached hydrogens (tertiary/aromatic N) is 4. The van der Waals surface area contributed by atoms with Gasteiger partial charge in [0.05, 0.1) is 34.0 Å². The van der Waals surface area contributed by atoms with Crippen LogP contribution in [0.15, 0.2) is 315 Å². The molecule has 2 saturated carbocycles. The molecule has 3 heterocycles. The van der Waals surface area contributed by atoms with Crippen molar-refractivity contribution in [2.24, 2.45) is 0 Å². The fraction of sp³-hybridized carbons (Fsp3) is 0.184. The molecule has 0 bridgehead atoms. The van der Waals surface area contributed by atoms with Crippen LogP contribution in [0.25, 0.3) is 123 Å². The van der Waals surface area contributed by atoms with Crippen molar-refractivity contribution in [3.8, 4) is 123 Å². The Morgan fingerprint density at radius 2 is 0.575 bits per heavy atom. The summed E-state index contributed by atoms with van der Waals surface area (Å²) in [6.07, 6.45) is 12.9. The highest BCUT2D eigenvalue weighted by Crippen LogP contribution is 2.58. The van der Waals surface area contributed by atoms with E-state index < -0.39 is 0 Å². The van der Waals surface area contributed by atoms with E-state index in [4.69, 9.17) is 40.8 Å². The molecular weight excluding hydrogens is 1310 g/mol. The van der Waals surface area contributed by atoms with Crippen LogP contribution in [0.4, 0.5) is 0 Å². The van der Waals surface area contributed by atoms with Crippen LogP contribution in [0, 0.1) is 0 Å². The predicted molar refractivity (Wildman–Crippen MR) is 439 cm³/mol. The molecule has 518 valence electrons. The maximum absolute atomic E-state index is 6.34. The third-order valence-corrected chi connectivity index (χ3v) is 23.4. The summed E-state index contributed by atoms with van der Waals surface area (Å²) in [5.74, 6) is 1.42. The summed E-state index contributed by atoms with van der Waals surface area (Å²) >= 11 is 6.20. The van der Waals surface area contributed by atoms with E-state index in [1.54, 1.807) is 0 Å². The molecule has 1 saturated heterocycles. The molecule has 1 aliphatic heterocycles. The van der Waals surface area contributed by atoms with Gasteiger partial charge < -0.3 is 9.31 Å². The van der Waals surface area contributed by atoms with Gasteiger partial charge in [0.1, 0.15) is 0 Å². The van der Waals surface area contributed by atoms with Gasteiger partial charge >= 0.3 is 7.12 Å². The van der Waals surface area contributed by atoms with E-state index in [9.17, 15) is 0 Å². The zero-order chi connectivity index (χ0) is 71.8. The molecule has 14 aromatic rings. The Hall–Kier alpha value is -10.9. The van der Waals surface area contributed by atoms with Gasteiger partial charge in [-0.1, -0.05) is 317 Å². The van der Waals surface area contributed by atoms with Crippen LogP contribution in [0.1, 0.15) is 114 Å². The highest BCUT2D eigenvalue weighted by Gasteiger charge is 2.53. The molecule has 5 aliphatic rings. The van der Waals surface area contributed by atoms with Gasteiger partial charge in [-0.25, -0.2) is 19.9 Å². The van der Waals surface area contributed by atoms with Crippen molar-refractivity contribution in [2.75, 3.05) is 0 Å². The lowest BCUT2D eigenvalue weighted by Gasteiger charge is -2.36. The second-order valence-electron chi connectivity index (χ2n) is 30.2. The fourth-order valence-electron chi connectivity index (χ4n) is 17.0. The maximum atomic E-state index is 6.34. The predicted octanol–water partition coefficient (Wildman–Crippen LogP) is 25.1. The van der Waals surface area contributed by atoms with E-state index in [-0.39, 0.29) is 29.2 Å². The summed E-state index contributed by atoms with van der Waals surface area (Å²) in [4.78, 5) is 20.0. The first-order valence-electron chi connectivity index (χ1n) is 37.8. The first kappa shape index (κ1) is 68.2. The van der Waals surface area contributed by atoms with Gasteiger partial charge in [-0.3, -0.25) is 0 Å². The number of benzene rings is 12. The first-order chi connectivity index (χ1) is 51.8. The van der Waals surface area contributed by atoms with E-state index in [0.717, 1.165) is 89.2 Å². The van der Waals surface area contributed by atoms with Crippen LogP contribution in [0.5, 0.6) is 0 Å². The van der Waals surface area contributed by atoms with Crippen molar-refractivity contribution in [1.82, 2.24) is 19.9 Å². The summed E-state index contributed by atoms with van der Waals surface area (Å²) in [6, 6.07) is 111. The van der Waals surface area contributed by atoms with Gasteiger partial charge in [-0.05, 0) is 185 Å². The number of fused-ring (bicyclic) bond motifs is 10. The Labute approximate surface area is 629 Å². The minimum Gasteiger partial charge on any atom is -0.399 e. The zero-order valence-corrected chi connectivity index (χ0v) is 61.4. The van der Waals surface area contributed by atoms with Gasteiger partial charge in [-0.2, -0.15) is 0 Å². The number of hydrogen-bond donors (Lipinski definition) is 0. The Morgan fingerprint density at radius 1 is 0.264 bits per heavy atom. The normalized spacial score (nSPS) is 15.8. The van der Waals surface area contributed by atoms with Crippen molar-refractivity contribution in [3.05, 3.63) is 343 Å². The van der Waals surface area contributed by atoms with E-state index >= 15 is 0 Å². The van der Waals surface area contributed by atoms with Gasteiger partial charge in [0.15, 0.2) is 11.6 Å². The third kappa shape index (κ3) is 13.2. The molecule has 0 amide bonds. The second kappa shape index (κ2) is 28.8. The average molecular weight is 1400 g/mol. The zero-order valence-electron chi connectivity index (χ0n) is 60.7. The molecule has 2 aromatic heterocycles. The summed E-state index contributed by atoms with van der Waals surface area (Å²) in [6.45, 7) is 8.50. The molecule has 8 heteroatoms. The van der Waals surface area contributed by atoms with Crippen molar-refractivity contribution >= 4 is 24.2 Å². The van der Waals surface area contributed by atoms with Crippen molar-refractivity contribution in [3.63, 3.8) is 0 Å². The monoisotopic (exact) mass is 1390 g/mol. The van der Waals surface area contributed by atoms with E-state index in [1.165, 1.54) is 125 Å². The number of aromatic nitrogens is 4. The van der Waals surface area contributed by atoms with E-state index in [0.29, 0.717) is 5.82 Å². The van der Waals surface area contributed by atoms with Crippen LogP contribution in [0.2, 0.25) is 5.02 Å². The quantitative estimate of drug-likeness (QED) is 0.127. The molecule has 19 rings (SSSR count). The Bertz CT molecular complexity index is 5400. The number of halogens is 1. The molecule has 3 fully saturated rings. The topological polar surface area (TPSA) is 70.0 Å². The molecule has 0 N–H and O–H groups in total. The average Bonchev–Trinajstić information content (AvgIpc) is 1.56. The SMILES string of the molecule is CC1(C)OB(c2ccc3c(c2)C2(CCCCC2)c2ccccc2-3)OC1(C)C.Clc1cccc(-c2cccc(-c3nc(-c4ccccc4)cc(-c4ccccc4)n3)c2)c1.c1ccc(-c2cc(-c3ccccc3)nc(-c3cccc(-c4cccc(-c5ccc6c(c5)C5(CCCCC5)c5ccccc5-6)c4)c3)n2)cc1. The van der Waals surface area contributed by atoms with Gasteiger partial charge in [0.25, 0.3) is 0 Å². The highest BCUT2D eigenvalue weighted by atomic mass is 35.5. The van der Waals surface area contributed by atoms with Crippen molar-refractivity contribution in [2.45, 2.75) is 114 Å². The van der Waals surface area contributed by atoms with Crippen LogP contribution >= 0.6 is 11.6 Å². The summed E-state index contributed by atoms with van der Waals surface area (Å²) in [7, 11) is -0.287. The second-order valence-corrected chi connectivity index (χ2v) is 30.6. The molecule has 0 radical (unpaired) electrons. The van der Waals surface area contributed by atoms with Crippen LogP contribution in [-0.2, 0) is 20.1 Å². The Kier molecular flexibility index (Phi) is 18.6. The summed E-state index contributed by atoms with van der Waals surface area (Å²) in [5, 5.41) is 0.719. The van der Waals surface area contributed by atoms with E-state index in [1.807, 2.05) is 78.9 Å². The summed E-state index contributed by atoms with van der Waals surface area (Å²) in [5.41, 5.74) is 29.6. The molecule has 2 spiro atoms. The highest BCUT2D eigenvalue weighted by molar-refractivity contribution is 6.62. The van der Waals surface area contributed by atoms with E-state index in [2.05, 4.69) is 264 Å². The van der Waals surface area contributed by atoms with Gasteiger partial charge in [0, 0.05) is 49.2 Å². The molecule has 12 aromatic carbocycles. The fourth-order valence-corrected chi connectivity index (χ4v) is 17.2. The van der Waals surface area contributed by atoms with Gasteiger partial charge in [-0.15, -0.1) is 0 Å². The summed E-state index contributed by atoms with van der Waals surface area (Å²) < 4.78 is 12.7. The Morgan fingerprint density at radius 3 is 0.981 bits per heavy atom. The lowest BCUT2D eigenvalue weighted by Crippen LogP contribution is -2.41. The molecule has 4 aliphatic carbocycles. The Balaban J connectivity index is 0.000000124. The minimum absolute atomic E-state index is 0.152. The van der Waals surface area contributed by atoms with Crippen LogP contribution < -0.4 is 5.46 Å². The lowest BCUT2D eigenvalue weighted by atomic mass is 9.66. The minimum atomic E-state index is -0.303.